The number of rotatable bonds is 3. The standard InChI is InChI=1S/C13H13N3O3S2/c17-12(9-4-6-21(18,19)8-9)16-13-15-11(7-20-13)10-3-1-2-5-14-10/h1-3,5,7,9H,4,6,8H2,(H,15,16,17). The van der Waals surface area contributed by atoms with E-state index in [1.165, 1.54) is 11.3 Å². The Morgan fingerprint density at radius 3 is 2.86 bits per heavy atom. The summed E-state index contributed by atoms with van der Waals surface area (Å²) in [6.07, 6.45) is 2.06. The largest absolute Gasteiger partial charge is 0.302 e. The molecule has 0 saturated carbocycles. The molecule has 0 bridgehead atoms. The van der Waals surface area contributed by atoms with E-state index < -0.39 is 15.8 Å². The molecule has 0 aliphatic carbocycles. The van der Waals surface area contributed by atoms with Crippen LogP contribution >= 0.6 is 11.3 Å². The average Bonchev–Trinajstić information content (AvgIpc) is 3.06. The van der Waals surface area contributed by atoms with Crippen LogP contribution in [0.5, 0.6) is 0 Å². The van der Waals surface area contributed by atoms with Gasteiger partial charge in [0.25, 0.3) is 0 Å². The van der Waals surface area contributed by atoms with Crippen LogP contribution < -0.4 is 5.32 Å². The van der Waals surface area contributed by atoms with Gasteiger partial charge in [-0.25, -0.2) is 13.4 Å². The van der Waals surface area contributed by atoms with Crippen molar-refractivity contribution in [3.05, 3.63) is 29.8 Å². The number of sulfone groups is 1. The van der Waals surface area contributed by atoms with E-state index in [0.29, 0.717) is 17.2 Å². The van der Waals surface area contributed by atoms with E-state index in [9.17, 15) is 13.2 Å². The Bertz CT molecular complexity index is 756. The third-order valence-electron chi connectivity index (χ3n) is 3.26. The van der Waals surface area contributed by atoms with Gasteiger partial charge in [0.2, 0.25) is 5.91 Å². The molecule has 1 saturated heterocycles. The average molecular weight is 323 g/mol. The van der Waals surface area contributed by atoms with Crippen LogP contribution in [0.25, 0.3) is 11.4 Å². The summed E-state index contributed by atoms with van der Waals surface area (Å²) < 4.78 is 22.8. The van der Waals surface area contributed by atoms with E-state index in [2.05, 4.69) is 15.3 Å². The van der Waals surface area contributed by atoms with Gasteiger partial charge in [0.05, 0.1) is 23.1 Å². The van der Waals surface area contributed by atoms with Gasteiger partial charge in [-0.15, -0.1) is 11.3 Å². The smallest absolute Gasteiger partial charge is 0.230 e. The van der Waals surface area contributed by atoms with Gasteiger partial charge in [0, 0.05) is 11.6 Å². The summed E-state index contributed by atoms with van der Waals surface area (Å²) in [5, 5.41) is 4.96. The fourth-order valence-electron chi connectivity index (χ4n) is 2.17. The van der Waals surface area contributed by atoms with E-state index in [1.807, 2.05) is 23.6 Å². The normalized spacial score (nSPS) is 20.3. The first-order valence-corrected chi connectivity index (χ1v) is 9.12. The van der Waals surface area contributed by atoms with Crippen LogP contribution in [0.15, 0.2) is 29.8 Å². The lowest BCUT2D eigenvalue weighted by Gasteiger charge is -2.06. The van der Waals surface area contributed by atoms with Crippen molar-refractivity contribution in [3.63, 3.8) is 0 Å². The second-order valence-electron chi connectivity index (χ2n) is 4.84. The van der Waals surface area contributed by atoms with Gasteiger partial charge in [-0.2, -0.15) is 0 Å². The molecule has 2 aromatic heterocycles. The summed E-state index contributed by atoms with van der Waals surface area (Å²) in [6.45, 7) is 0. The van der Waals surface area contributed by atoms with Crippen LogP contribution in [0.3, 0.4) is 0 Å². The second kappa shape index (κ2) is 5.53. The van der Waals surface area contributed by atoms with Crippen molar-refractivity contribution in [2.45, 2.75) is 6.42 Å². The third-order valence-corrected chi connectivity index (χ3v) is 5.79. The van der Waals surface area contributed by atoms with Crippen molar-refractivity contribution in [3.8, 4) is 11.4 Å². The van der Waals surface area contributed by atoms with Crippen molar-refractivity contribution < 1.29 is 13.2 Å². The van der Waals surface area contributed by atoms with Gasteiger partial charge in [-0.1, -0.05) is 6.07 Å². The highest BCUT2D eigenvalue weighted by molar-refractivity contribution is 7.91. The fraction of sp³-hybridized carbons (Fsp3) is 0.308. The lowest BCUT2D eigenvalue weighted by atomic mass is 10.1. The Morgan fingerprint density at radius 1 is 1.33 bits per heavy atom. The monoisotopic (exact) mass is 323 g/mol. The molecule has 0 radical (unpaired) electrons. The molecule has 0 aromatic carbocycles. The molecular weight excluding hydrogens is 310 g/mol. The van der Waals surface area contributed by atoms with Crippen molar-refractivity contribution >= 4 is 32.2 Å². The van der Waals surface area contributed by atoms with Gasteiger partial charge in [-0.3, -0.25) is 9.78 Å². The summed E-state index contributed by atoms with van der Waals surface area (Å²) >= 11 is 1.30. The molecule has 1 N–H and O–H groups in total. The lowest BCUT2D eigenvalue weighted by molar-refractivity contribution is -0.119. The van der Waals surface area contributed by atoms with Crippen LogP contribution in [0.4, 0.5) is 5.13 Å². The van der Waals surface area contributed by atoms with Gasteiger partial charge in [0.1, 0.15) is 5.69 Å². The minimum absolute atomic E-state index is 0.0721. The molecule has 21 heavy (non-hydrogen) atoms. The van der Waals surface area contributed by atoms with E-state index >= 15 is 0 Å². The van der Waals surface area contributed by atoms with E-state index in [1.54, 1.807) is 6.20 Å². The van der Waals surface area contributed by atoms with Gasteiger partial charge in [0.15, 0.2) is 15.0 Å². The Morgan fingerprint density at radius 2 is 2.19 bits per heavy atom. The van der Waals surface area contributed by atoms with Crippen molar-refractivity contribution in [2.24, 2.45) is 5.92 Å². The summed E-state index contributed by atoms with van der Waals surface area (Å²) in [5.41, 5.74) is 1.42. The van der Waals surface area contributed by atoms with Crippen LogP contribution in [0.2, 0.25) is 0 Å². The number of nitrogens with zero attached hydrogens (tertiary/aromatic N) is 2. The maximum absolute atomic E-state index is 12.0. The predicted molar refractivity (Wildman–Crippen MR) is 80.7 cm³/mol. The quantitative estimate of drug-likeness (QED) is 0.926. The topological polar surface area (TPSA) is 89.0 Å². The molecule has 1 fully saturated rings. The molecule has 1 aliphatic rings. The molecular formula is C13H13N3O3S2. The maximum Gasteiger partial charge on any atom is 0.230 e. The fourth-order valence-corrected chi connectivity index (χ4v) is 4.62. The lowest BCUT2D eigenvalue weighted by Crippen LogP contribution is -2.23. The molecule has 1 unspecified atom stereocenters. The third kappa shape index (κ3) is 3.27. The Labute approximate surface area is 126 Å². The van der Waals surface area contributed by atoms with E-state index in [4.69, 9.17) is 0 Å². The van der Waals surface area contributed by atoms with Gasteiger partial charge < -0.3 is 5.32 Å². The minimum atomic E-state index is -3.06. The van der Waals surface area contributed by atoms with Gasteiger partial charge >= 0.3 is 0 Å². The SMILES string of the molecule is O=C(Nc1nc(-c2ccccn2)cs1)C1CCS(=O)(=O)C1. The summed E-state index contributed by atoms with van der Waals surface area (Å²) in [6, 6.07) is 5.52. The number of thiazole rings is 1. The highest BCUT2D eigenvalue weighted by atomic mass is 32.2. The molecule has 1 amide bonds. The number of pyridine rings is 1. The number of aromatic nitrogens is 2. The van der Waals surface area contributed by atoms with E-state index in [0.717, 1.165) is 5.69 Å². The number of hydrogen-bond acceptors (Lipinski definition) is 6. The number of hydrogen-bond donors (Lipinski definition) is 1. The zero-order valence-electron chi connectivity index (χ0n) is 11.0. The molecule has 1 atom stereocenters. The van der Waals surface area contributed by atoms with Crippen LogP contribution in [0, 0.1) is 5.92 Å². The minimum Gasteiger partial charge on any atom is -0.302 e. The molecule has 3 heterocycles. The molecule has 110 valence electrons. The Hall–Kier alpha value is -1.80. The van der Waals surface area contributed by atoms with Crippen LogP contribution in [-0.2, 0) is 14.6 Å². The van der Waals surface area contributed by atoms with E-state index in [-0.39, 0.29) is 17.4 Å². The van der Waals surface area contributed by atoms with Crippen molar-refractivity contribution in [2.75, 3.05) is 16.8 Å². The second-order valence-corrected chi connectivity index (χ2v) is 7.93. The Kier molecular flexibility index (Phi) is 3.73. The number of nitrogens with one attached hydrogen (secondary N) is 1. The first-order valence-electron chi connectivity index (χ1n) is 6.42. The zero-order chi connectivity index (χ0) is 14.9. The predicted octanol–water partition coefficient (Wildman–Crippen LogP) is 1.58. The molecule has 1 aliphatic heterocycles. The number of anilines is 1. The van der Waals surface area contributed by atoms with Crippen molar-refractivity contribution in [1.29, 1.82) is 0 Å². The van der Waals surface area contributed by atoms with Crippen LogP contribution in [0.1, 0.15) is 6.42 Å². The molecule has 3 rings (SSSR count). The Balaban J connectivity index is 1.69. The highest BCUT2D eigenvalue weighted by Gasteiger charge is 2.33. The van der Waals surface area contributed by atoms with Crippen LogP contribution in [-0.4, -0.2) is 35.8 Å². The number of carbonyl (C=O) groups is 1. The molecule has 0 spiro atoms. The molecule has 8 heteroatoms. The zero-order valence-corrected chi connectivity index (χ0v) is 12.7. The summed E-state index contributed by atoms with van der Waals surface area (Å²) in [5.74, 6) is -0.741. The first kappa shape index (κ1) is 14.2. The maximum atomic E-state index is 12.0. The summed E-state index contributed by atoms with van der Waals surface area (Å²) in [7, 11) is -3.06. The first-order chi connectivity index (χ1) is 10.0. The number of amides is 1. The number of carbonyl (C=O) groups excluding carboxylic acids is 1. The van der Waals surface area contributed by atoms with Crippen molar-refractivity contribution in [1.82, 2.24) is 9.97 Å². The molecule has 6 nitrogen and oxygen atoms in total. The highest BCUT2D eigenvalue weighted by Crippen LogP contribution is 2.25. The van der Waals surface area contributed by atoms with Gasteiger partial charge in [-0.05, 0) is 18.6 Å². The summed E-state index contributed by atoms with van der Waals surface area (Å²) in [4.78, 5) is 20.5. The molecule has 2 aromatic rings.